The first-order valence-corrected chi connectivity index (χ1v) is 6.22. The first-order valence-electron chi connectivity index (χ1n) is 6.22. The van der Waals surface area contributed by atoms with Crippen LogP contribution in [-0.2, 0) is 6.42 Å². The first kappa shape index (κ1) is 12.2. The summed E-state index contributed by atoms with van der Waals surface area (Å²) in [7, 11) is 0. The average Bonchev–Trinajstić information content (AvgIpc) is 2.28. The van der Waals surface area contributed by atoms with Crippen LogP contribution in [0.25, 0.3) is 0 Å². The Hall–Kier alpha value is -0.850. The van der Waals surface area contributed by atoms with Crippen molar-refractivity contribution < 1.29 is 0 Å². The van der Waals surface area contributed by atoms with Gasteiger partial charge >= 0.3 is 0 Å². The lowest BCUT2D eigenvalue weighted by molar-refractivity contribution is 0.462. The van der Waals surface area contributed by atoms with Crippen molar-refractivity contribution >= 4 is 0 Å². The Morgan fingerprint density at radius 2 is 2.07 bits per heavy atom. The number of unbranched alkanes of at least 4 members (excludes halogenated alkanes) is 2. The topological polar surface area (TPSA) is 12.9 Å². The molecular formula is C14H23N. The van der Waals surface area contributed by atoms with E-state index >= 15 is 0 Å². The zero-order valence-corrected chi connectivity index (χ0v) is 10.1. The standard InChI is InChI=1S/C14H23N/c1-3-4-5-8-13(2)10-11-14-9-6-7-12-15-14/h6-7,9,12-13H,3-5,8,10-11H2,1-2H3. The number of hydrogen-bond donors (Lipinski definition) is 0. The second-order valence-corrected chi connectivity index (χ2v) is 4.46. The molecule has 84 valence electrons. The van der Waals surface area contributed by atoms with E-state index < -0.39 is 0 Å². The molecule has 1 aromatic heterocycles. The Kier molecular flexibility index (Phi) is 6.06. The molecule has 1 aromatic rings. The molecule has 0 saturated heterocycles. The highest BCUT2D eigenvalue weighted by Crippen LogP contribution is 2.15. The van der Waals surface area contributed by atoms with Crippen LogP contribution < -0.4 is 0 Å². The monoisotopic (exact) mass is 205 g/mol. The number of aromatic nitrogens is 1. The van der Waals surface area contributed by atoms with Gasteiger partial charge in [-0.1, -0.05) is 45.6 Å². The number of rotatable bonds is 7. The van der Waals surface area contributed by atoms with Gasteiger partial charge in [0.25, 0.3) is 0 Å². The largest absolute Gasteiger partial charge is 0.261 e. The van der Waals surface area contributed by atoms with Gasteiger partial charge in [-0.3, -0.25) is 4.98 Å². The number of aryl methyl sites for hydroxylation is 1. The van der Waals surface area contributed by atoms with Crippen LogP contribution in [0, 0.1) is 5.92 Å². The highest BCUT2D eigenvalue weighted by Gasteiger charge is 2.02. The molecule has 1 unspecified atom stereocenters. The van der Waals surface area contributed by atoms with E-state index in [-0.39, 0.29) is 0 Å². The van der Waals surface area contributed by atoms with Crippen molar-refractivity contribution in [3.05, 3.63) is 30.1 Å². The molecule has 0 fully saturated rings. The molecule has 1 atom stereocenters. The third-order valence-corrected chi connectivity index (χ3v) is 2.92. The Balaban J connectivity index is 2.14. The minimum atomic E-state index is 0.846. The van der Waals surface area contributed by atoms with Crippen LogP contribution in [0.4, 0.5) is 0 Å². The zero-order valence-electron chi connectivity index (χ0n) is 10.1. The van der Waals surface area contributed by atoms with Crippen LogP contribution in [0.3, 0.4) is 0 Å². The van der Waals surface area contributed by atoms with Crippen molar-refractivity contribution in [3.63, 3.8) is 0 Å². The van der Waals surface area contributed by atoms with Crippen molar-refractivity contribution in [1.82, 2.24) is 4.98 Å². The van der Waals surface area contributed by atoms with Crippen LogP contribution >= 0.6 is 0 Å². The van der Waals surface area contributed by atoms with Crippen LogP contribution in [-0.4, -0.2) is 4.98 Å². The highest BCUT2D eigenvalue weighted by atomic mass is 14.7. The highest BCUT2D eigenvalue weighted by molar-refractivity contribution is 5.03. The van der Waals surface area contributed by atoms with Gasteiger partial charge in [0.2, 0.25) is 0 Å². The van der Waals surface area contributed by atoms with E-state index in [1.807, 2.05) is 12.3 Å². The minimum Gasteiger partial charge on any atom is -0.261 e. The quantitative estimate of drug-likeness (QED) is 0.607. The Morgan fingerprint density at radius 3 is 2.73 bits per heavy atom. The third kappa shape index (κ3) is 5.56. The van der Waals surface area contributed by atoms with Gasteiger partial charge in [-0.05, 0) is 30.9 Å². The fourth-order valence-corrected chi connectivity index (χ4v) is 1.83. The molecule has 1 heterocycles. The predicted octanol–water partition coefficient (Wildman–Crippen LogP) is 4.23. The van der Waals surface area contributed by atoms with Gasteiger partial charge in [0.1, 0.15) is 0 Å². The van der Waals surface area contributed by atoms with Crippen molar-refractivity contribution in [1.29, 1.82) is 0 Å². The molecule has 1 rings (SSSR count). The molecule has 0 aliphatic rings. The number of pyridine rings is 1. The van der Waals surface area contributed by atoms with Gasteiger partial charge < -0.3 is 0 Å². The SMILES string of the molecule is CCCCCC(C)CCc1ccccn1. The number of hydrogen-bond acceptors (Lipinski definition) is 1. The average molecular weight is 205 g/mol. The molecule has 0 radical (unpaired) electrons. The van der Waals surface area contributed by atoms with Gasteiger partial charge in [-0.15, -0.1) is 0 Å². The van der Waals surface area contributed by atoms with E-state index in [0.29, 0.717) is 0 Å². The fraction of sp³-hybridized carbons (Fsp3) is 0.643. The normalized spacial score (nSPS) is 12.7. The summed E-state index contributed by atoms with van der Waals surface area (Å²) >= 11 is 0. The first-order chi connectivity index (χ1) is 7.33. The predicted molar refractivity (Wildman–Crippen MR) is 65.9 cm³/mol. The molecule has 0 aliphatic heterocycles. The maximum absolute atomic E-state index is 4.35. The van der Waals surface area contributed by atoms with Crippen molar-refractivity contribution in [2.24, 2.45) is 5.92 Å². The van der Waals surface area contributed by atoms with Crippen LogP contribution in [0.2, 0.25) is 0 Å². The smallest absolute Gasteiger partial charge is 0.0403 e. The molecular weight excluding hydrogens is 182 g/mol. The lowest BCUT2D eigenvalue weighted by Gasteiger charge is -2.10. The van der Waals surface area contributed by atoms with Gasteiger partial charge in [0.05, 0.1) is 0 Å². The van der Waals surface area contributed by atoms with Crippen LogP contribution in [0.1, 0.15) is 51.6 Å². The fourth-order valence-electron chi connectivity index (χ4n) is 1.83. The summed E-state index contributed by atoms with van der Waals surface area (Å²) in [5.74, 6) is 0.846. The zero-order chi connectivity index (χ0) is 10.9. The van der Waals surface area contributed by atoms with Gasteiger partial charge in [0.15, 0.2) is 0 Å². The molecule has 0 N–H and O–H groups in total. The second kappa shape index (κ2) is 7.44. The van der Waals surface area contributed by atoms with Crippen LogP contribution in [0.15, 0.2) is 24.4 Å². The second-order valence-electron chi connectivity index (χ2n) is 4.46. The van der Waals surface area contributed by atoms with E-state index in [1.54, 1.807) is 0 Å². The van der Waals surface area contributed by atoms with E-state index in [4.69, 9.17) is 0 Å². The molecule has 0 amide bonds. The van der Waals surface area contributed by atoms with E-state index in [1.165, 1.54) is 37.8 Å². The summed E-state index contributed by atoms with van der Waals surface area (Å²) in [6.45, 7) is 4.62. The summed E-state index contributed by atoms with van der Waals surface area (Å²) in [5.41, 5.74) is 1.24. The Labute approximate surface area is 93.9 Å². The Morgan fingerprint density at radius 1 is 1.20 bits per heavy atom. The summed E-state index contributed by atoms with van der Waals surface area (Å²) in [5, 5.41) is 0. The van der Waals surface area contributed by atoms with E-state index in [2.05, 4.69) is 31.0 Å². The van der Waals surface area contributed by atoms with E-state index in [9.17, 15) is 0 Å². The molecule has 0 saturated carbocycles. The molecule has 0 bridgehead atoms. The van der Waals surface area contributed by atoms with Crippen molar-refractivity contribution in [2.75, 3.05) is 0 Å². The van der Waals surface area contributed by atoms with E-state index in [0.717, 1.165) is 12.3 Å². The lowest BCUT2D eigenvalue weighted by Crippen LogP contribution is -1.98. The molecule has 15 heavy (non-hydrogen) atoms. The molecule has 0 spiro atoms. The molecule has 1 nitrogen and oxygen atoms in total. The maximum Gasteiger partial charge on any atom is 0.0403 e. The van der Waals surface area contributed by atoms with Crippen molar-refractivity contribution in [2.45, 2.75) is 52.4 Å². The summed E-state index contributed by atoms with van der Waals surface area (Å²) < 4.78 is 0. The van der Waals surface area contributed by atoms with Gasteiger partial charge in [-0.25, -0.2) is 0 Å². The summed E-state index contributed by atoms with van der Waals surface area (Å²) in [6, 6.07) is 6.18. The van der Waals surface area contributed by atoms with Crippen LogP contribution in [0.5, 0.6) is 0 Å². The summed E-state index contributed by atoms with van der Waals surface area (Å²) in [4.78, 5) is 4.35. The molecule has 1 heteroatoms. The van der Waals surface area contributed by atoms with Gasteiger partial charge in [0, 0.05) is 11.9 Å². The molecule has 0 aliphatic carbocycles. The Bertz CT molecular complexity index is 243. The third-order valence-electron chi connectivity index (χ3n) is 2.92. The number of nitrogens with zero attached hydrogens (tertiary/aromatic N) is 1. The van der Waals surface area contributed by atoms with Crippen molar-refractivity contribution in [3.8, 4) is 0 Å². The lowest BCUT2D eigenvalue weighted by atomic mass is 9.97. The summed E-state index contributed by atoms with van der Waals surface area (Å²) in [6.07, 6.45) is 9.77. The maximum atomic E-state index is 4.35. The molecule has 0 aromatic carbocycles. The minimum absolute atomic E-state index is 0.846. The van der Waals surface area contributed by atoms with Gasteiger partial charge in [-0.2, -0.15) is 0 Å².